The van der Waals surface area contributed by atoms with E-state index in [-0.39, 0.29) is 6.09 Å². The van der Waals surface area contributed by atoms with Crippen LogP contribution in [0.5, 0.6) is 0 Å². The molecule has 0 saturated carbocycles. The zero-order valence-corrected chi connectivity index (χ0v) is 18.6. The molecular weight excluding hydrogens is 408 g/mol. The van der Waals surface area contributed by atoms with Crippen LogP contribution in [0.1, 0.15) is 32.5 Å². The molecule has 1 amide bonds. The molecule has 3 aromatic heterocycles. The van der Waals surface area contributed by atoms with E-state index < -0.39 is 0 Å². The number of imidazole rings is 1. The summed E-state index contributed by atoms with van der Waals surface area (Å²) in [7, 11) is 0. The van der Waals surface area contributed by atoms with Crippen molar-refractivity contribution in [2.75, 3.05) is 25.0 Å². The van der Waals surface area contributed by atoms with Crippen molar-refractivity contribution in [2.45, 2.75) is 33.6 Å². The minimum atomic E-state index is -0.364. The largest absolute Gasteiger partial charge is 0.449 e. The van der Waals surface area contributed by atoms with Gasteiger partial charge in [0, 0.05) is 31.2 Å². The number of hydrogen-bond donors (Lipinski definition) is 2. The maximum absolute atomic E-state index is 11.6. The van der Waals surface area contributed by atoms with Crippen molar-refractivity contribution in [2.24, 2.45) is 5.92 Å². The number of alkyl carbamates (subject to hydrolysis) is 1. The number of aryl methyl sites for hydroxylation is 1. The lowest BCUT2D eigenvalue weighted by Gasteiger charge is -2.11. The van der Waals surface area contributed by atoms with E-state index in [1.807, 2.05) is 54.1 Å². The Kier molecular flexibility index (Phi) is 6.48. The molecule has 10 nitrogen and oxygen atoms in total. The highest BCUT2D eigenvalue weighted by atomic mass is 16.5. The van der Waals surface area contributed by atoms with Crippen LogP contribution >= 0.6 is 0 Å². The van der Waals surface area contributed by atoms with Crippen molar-refractivity contribution >= 4 is 28.6 Å². The molecule has 0 aliphatic carbocycles. The first kappa shape index (κ1) is 21.5. The summed E-state index contributed by atoms with van der Waals surface area (Å²) >= 11 is 0. The third-order valence-corrected chi connectivity index (χ3v) is 4.98. The van der Waals surface area contributed by atoms with E-state index in [1.54, 1.807) is 12.5 Å². The number of nitrogens with zero attached hydrogens (tertiary/aromatic N) is 6. The molecule has 0 fully saturated rings. The molecule has 1 aromatic carbocycles. The average molecular weight is 437 g/mol. The SMILES string of the molecule is Cc1nnc2c(NCCCCNC(=O)OCC(C)C)nc3cc(-n4ccnc4)ccc3n12. The number of nitrogens with one attached hydrogen (secondary N) is 2. The van der Waals surface area contributed by atoms with E-state index >= 15 is 0 Å². The summed E-state index contributed by atoms with van der Waals surface area (Å²) in [5, 5.41) is 14.7. The van der Waals surface area contributed by atoms with Gasteiger partial charge >= 0.3 is 6.09 Å². The van der Waals surface area contributed by atoms with Gasteiger partial charge in [0.1, 0.15) is 5.82 Å². The molecule has 168 valence electrons. The molecule has 0 saturated heterocycles. The molecule has 0 radical (unpaired) electrons. The van der Waals surface area contributed by atoms with E-state index in [1.165, 1.54) is 0 Å². The quantitative estimate of drug-likeness (QED) is 0.387. The standard InChI is InChI=1S/C22H28N8O2/c1-15(2)13-32-22(31)25-9-5-4-8-24-20-21-28-27-16(3)30(21)19-7-6-17(12-18(19)26-20)29-11-10-23-14-29/h6-7,10-12,14-15H,4-5,8-9,13H2,1-3H3,(H,24,26)(H,25,31). The molecule has 4 rings (SSSR count). The number of amides is 1. The lowest BCUT2D eigenvalue weighted by atomic mass is 10.2. The number of hydrogen-bond acceptors (Lipinski definition) is 7. The fourth-order valence-corrected chi connectivity index (χ4v) is 3.40. The highest BCUT2D eigenvalue weighted by Crippen LogP contribution is 2.23. The van der Waals surface area contributed by atoms with Gasteiger partial charge in [0.25, 0.3) is 0 Å². The molecule has 3 heterocycles. The van der Waals surface area contributed by atoms with Crippen molar-refractivity contribution in [1.29, 1.82) is 0 Å². The number of benzene rings is 1. The van der Waals surface area contributed by atoms with Gasteiger partial charge in [-0.15, -0.1) is 10.2 Å². The summed E-state index contributed by atoms with van der Waals surface area (Å²) in [4.78, 5) is 20.5. The summed E-state index contributed by atoms with van der Waals surface area (Å²) < 4.78 is 9.06. The van der Waals surface area contributed by atoms with E-state index in [0.29, 0.717) is 37.1 Å². The first-order chi connectivity index (χ1) is 15.5. The van der Waals surface area contributed by atoms with Crippen molar-refractivity contribution in [3.63, 3.8) is 0 Å². The number of ether oxygens (including phenoxy) is 1. The van der Waals surface area contributed by atoms with Crippen molar-refractivity contribution in [3.05, 3.63) is 42.7 Å². The lowest BCUT2D eigenvalue weighted by Crippen LogP contribution is -2.26. The van der Waals surface area contributed by atoms with Crippen LogP contribution < -0.4 is 10.6 Å². The zero-order chi connectivity index (χ0) is 22.5. The number of fused-ring (bicyclic) bond motifs is 3. The number of rotatable bonds is 9. The van der Waals surface area contributed by atoms with Crippen LogP contribution in [0.3, 0.4) is 0 Å². The molecule has 2 N–H and O–H groups in total. The van der Waals surface area contributed by atoms with Gasteiger partial charge in [-0.05, 0) is 43.9 Å². The predicted octanol–water partition coefficient (Wildman–Crippen LogP) is 3.35. The molecule has 32 heavy (non-hydrogen) atoms. The molecule has 0 atom stereocenters. The minimum absolute atomic E-state index is 0.327. The Morgan fingerprint density at radius 2 is 2.03 bits per heavy atom. The molecule has 10 heteroatoms. The van der Waals surface area contributed by atoms with E-state index in [2.05, 4.69) is 25.8 Å². The third kappa shape index (κ3) is 4.79. The first-order valence-corrected chi connectivity index (χ1v) is 10.8. The van der Waals surface area contributed by atoms with Gasteiger partial charge in [-0.1, -0.05) is 13.8 Å². The fourth-order valence-electron chi connectivity index (χ4n) is 3.40. The Morgan fingerprint density at radius 3 is 2.81 bits per heavy atom. The zero-order valence-electron chi connectivity index (χ0n) is 18.6. The van der Waals surface area contributed by atoms with Gasteiger partial charge in [-0.2, -0.15) is 0 Å². The van der Waals surface area contributed by atoms with Gasteiger partial charge < -0.3 is 19.9 Å². The molecule has 0 aliphatic rings. The summed E-state index contributed by atoms with van der Waals surface area (Å²) in [6.45, 7) is 7.63. The van der Waals surface area contributed by atoms with Crippen LogP contribution in [0.4, 0.5) is 10.6 Å². The van der Waals surface area contributed by atoms with Crippen molar-refractivity contribution < 1.29 is 9.53 Å². The van der Waals surface area contributed by atoms with Crippen LogP contribution in [0.2, 0.25) is 0 Å². The van der Waals surface area contributed by atoms with Crippen LogP contribution in [-0.2, 0) is 4.74 Å². The van der Waals surface area contributed by atoms with E-state index in [0.717, 1.165) is 35.4 Å². The lowest BCUT2D eigenvalue weighted by molar-refractivity contribution is 0.133. The number of unbranched alkanes of at least 4 members (excludes halogenated alkanes) is 1. The van der Waals surface area contributed by atoms with Crippen molar-refractivity contribution in [1.82, 2.24) is 34.4 Å². The second-order valence-electron chi connectivity index (χ2n) is 8.06. The summed E-state index contributed by atoms with van der Waals surface area (Å²) in [6.07, 6.45) is 6.72. The monoisotopic (exact) mass is 436 g/mol. The highest BCUT2D eigenvalue weighted by Gasteiger charge is 2.13. The van der Waals surface area contributed by atoms with Crippen LogP contribution in [0, 0.1) is 12.8 Å². The van der Waals surface area contributed by atoms with E-state index in [9.17, 15) is 4.79 Å². The smallest absolute Gasteiger partial charge is 0.407 e. The van der Waals surface area contributed by atoms with E-state index in [4.69, 9.17) is 9.72 Å². The van der Waals surface area contributed by atoms with Gasteiger partial charge in [-0.25, -0.2) is 14.8 Å². The topological polar surface area (TPSA) is 111 Å². The Morgan fingerprint density at radius 1 is 1.19 bits per heavy atom. The molecule has 0 spiro atoms. The Balaban J connectivity index is 1.42. The highest BCUT2D eigenvalue weighted by molar-refractivity contribution is 5.84. The molecule has 4 aromatic rings. The molecule has 0 unspecified atom stereocenters. The first-order valence-electron chi connectivity index (χ1n) is 10.8. The van der Waals surface area contributed by atoms with Crippen LogP contribution in [0.15, 0.2) is 36.9 Å². The fraction of sp³-hybridized carbons (Fsp3) is 0.409. The summed E-state index contributed by atoms with van der Waals surface area (Å²) in [5.41, 5.74) is 3.46. The maximum Gasteiger partial charge on any atom is 0.407 e. The van der Waals surface area contributed by atoms with Gasteiger partial charge in [0.15, 0.2) is 5.82 Å². The third-order valence-electron chi connectivity index (χ3n) is 4.98. The molecule has 0 aliphatic heterocycles. The number of carbonyl (C=O) groups is 1. The normalized spacial score (nSPS) is 11.4. The number of anilines is 1. The number of carbonyl (C=O) groups excluding carboxylic acids is 1. The molecular formula is C22H28N8O2. The average Bonchev–Trinajstić information content (AvgIpc) is 3.45. The summed E-state index contributed by atoms with van der Waals surface area (Å²) in [6, 6.07) is 6.07. The second-order valence-corrected chi connectivity index (χ2v) is 8.06. The van der Waals surface area contributed by atoms with Gasteiger partial charge in [0.05, 0.1) is 24.0 Å². The minimum Gasteiger partial charge on any atom is -0.449 e. The predicted molar refractivity (Wildman–Crippen MR) is 122 cm³/mol. The number of aromatic nitrogens is 6. The van der Waals surface area contributed by atoms with Gasteiger partial charge in [-0.3, -0.25) is 4.40 Å². The second kappa shape index (κ2) is 9.63. The van der Waals surface area contributed by atoms with Gasteiger partial charge in [0.2, 0.25) is 5.65 Å². The van der Waals surface area contributed by atoms with Crippen LogP contribution in [0.25, 0.3) is 22.4 Å². The Bertz CT molecular complexity index is 1200. The van der Waals surface area contributed by atoms with Crippen molar-refractivity contribution in [3.8, 4) is 5.69 Å². The Labute approximate surface area is 186 Å². The maximum atomic E-state index is 11.6. The summed E-state index contributed by atoms with van der Waals surface area (Å²) in [5.74, 6) is 1.81. The van der Waals surface area contributed by atoms with Crippen LogP contribution in [-0.4, -0.2) is 54.9 Å². The molecule has 0 bridgehead atoms. The Hall–Kier alpha value is -3.69.